The van der Waals surface area contributed by atoms with Crippen molar-refractivity contribution < 1.29 is 4.79 Å². The molecule has 2 aromatic carbocycles. The first-order valence-corrected chi connectivity index (χ1v) is 10.5. The molecule has 0 saturated heterocycles. The molecular formula is C24H26ClN3O. The molecule has 150 valence electrons. The third-order valence-electron chi connectivity index (χ3n) is 5.39. The molecule has 2 amide bonds. The standard InChI is InChI=1S/C24H26ClN3O/c1-17(2)12-13-26-24(29)28-16-19-7-3-4-10-21(19)27-14-6-11-22(27)23(28)18-8-5-9-20(25)15-18/h3-11,14-15,17,23H,12-13,16H2,1-2H3,(H,26,29). The first kappa shape index (κ1) is 19.6. The lowest BCUT2D eigenvalue weighted by Crippen LogP contribution is -2.42. The van der Waals surface area contributed by atoms with E-state index in [-0.39, 0.29) is 12.1 Å². The van der Waals surface area contributed by atoms with E-state index in [4.69, 9.17) is 11.6 Å². The van der Waals surface area contributed by atoms with E-state index in [1.807, 2.05) is 47.4 Å². The molecule has 0 aliphatic carbocycles. The molecule has 1 aliphatic rings. The van der Waals surface area contributed by atoms with Crippen LogP contribution in [0.3, 0.4) is 0 Å². The first-order valence-electron chi connectivity index (χ1n) is 10.1. The number of nitrogens with one attached hydrogen (secondary N) is 1. The van der Waals surface area contributed by atoms with Gasteiger partial charge in [0, 0.05) is 23.5 Å². The van der Waals surface area contributed by atoms with Crippen LogP contribution in [-0.4, -0.2) is 22.0 Å². The number of nitrogens with zero attached hydrogens (tertiary/aromatic N) is 2. The van der Waals surface area contributed by atoms with Crippen LogP contribution in [-0.2, 0) is 6.54 Å². The molecule has 1 atom stereocenters. The van der Waals surface area contributed by atoms with E-state index in [2.05, 4.69) is 48.1 Å². The molecule has 1 aromatic heterocycles. The van der Waals surface area contributed by atoms with Crippen LogP contribution in [0.25, 0.3) is 5.69 Å². The number of carbonyl (C=O) groups is 1. The minimum atomic E-state index is -0.227. The minimum Gasteiger partial charge on any atom is -0.338 e. The van der Waals surface area contributed by atoms with Crippen molar-refractivity contribution in [3.8, 4) is 5.69 Å². The molecule has 2 heterocycles. The fourth-order valence-corrected chi connectivity index (χ4v) is 4.13. The van der Waals surface area contributed by atoms with Gasteiger partial charge in [0.25, 0.3) is 0 Å². The van der Waals surface area contributed by atoms with E-state index in [1.165, 1.54) is 0 Å². The van der Waals surface area contributed by atoms with E-state index < -0.39 is 0 Å². The largest absolute Gasteiger partial charge is 0.338 e. The number of hydrogen-bond donors (Lipinski definition) is 1. The van der Waals surface area contributed by atoms with Gasteiger partial charge in [-0.15, -0.1) is 0 Å². The van der Waals surface area contributed by atoms with Gasteiger partial charge in [0.1, 0.15) is 0 Å². The van der Waals surface area contributed by atoms with Gasteiger partial charge in [0.15, 0.2) is 0 Å². The number of fused-ring (bicyclic) bond motifs is 3. The Bertz CT molecular complexity index is 1010. The number of amides is 2. The van der Waals surface area contributed by atoms with Crippen molar-refractivity contribution in [1.82, 2.24) is 14.8 Å². The van der Waals surface area contributed by atoms with E-state index in [0.29, 0.717) is 24.0 Å². The number of halogens is 1. The zero-order chi connectivity index (χ0) is 20.4. The summed E-state index contributed by atoms with van der Waals surface area (Å²) in [5, 5.41) is 3.79. The summed E-state index contributed by atoms with van der Waals surface area (Å²) in [6.07, 6.45) is 3.01. The summed E-state index contributed by atoms with van der Waals surface area (Å²) in [6.45, 7) is 5.52. The normalized spacial score (nSPS) is 15.6. The van der Waals surface area contributed by atoms with Gasteiger partial charge in [-0.3, -0.25) is 0 Å². The second kappa shape index (κ2) is 8.34. The highest BCUT2D eigenvalue weighted by Crippen LogP contribution is 2.37. The Labute approximate surface area is 177 Å². The molecule has 0 saturated carbocycles. The van der Waals surface area contributed by atoms with Gasteiger partial charge >= 0.3 is 6.03 Å². The van der Waals surface area contributed by atoms with Gasteiger partial charge in [0.05, 0.1) is 18.3 Å². The molecule has 4 nitrogen and oxygen atoms in total. The molecule has 4 rings (SSSR count). The third-order valence-corrected chi connectivity index (χ3v) is 5.62. The highest BCUT2D eigenvalue weighted by atomic mass is 35.5. The molecule has 1 N–H and O–H groups in total. The molecule has 0 fully saturated rings. The molecule has 0 bridgehead atoms. The fraction of sp³-hybridized carbons (Fsp3) is 0.292. The lowest BCUT2D eigenvalue weighted by Gasteiger charge is -2.31. The van der Waals surface area contributed by atoms with Gasteiger partial charge in [-0.25, -0.2) is 4.79 Å². The smallest absolute Gasteiger partial charge is 0.318 e. The van der Waals surface area contributed by atoms with Crippen molar-refractivity contribution in [1.29, 1.82) is 0 Å². The Hall–Kier alpha value is -2.72. The Kier molecular flexibility index (Phi) is 5.63. The van der Waals surface area contributed by atoms with Crippen LogP contribution >= 0.6 is 11.6 Å². The maximum atomic E-state index is 13.3. The molecule has 1 unspecified atom stereocenters. The topological polar surface area (TPSA) is 37.3 Å². The van der Waals surface area contributed by atoms with Gasteiger partial charge in [-0.2, -0.15) is 0 Å². The van der Waals surface area contributed by atoms with Crippen LogP contribution in [0.5, 0.6) is 0 Å². The molecule has 5 heteroatoms. The summed E-state index contributed by atoms with van der Waals surface area (Å²) in [7, 11) is 0. The Morgan fingerprint density at radius 1 is 1.14 bits per heavy atom. The highest BCUT2D eigenvalue weighted by molar-refractivity contribution is 6.30. The molecule has 1 aliphatic heterocycles. The van der Waals surface area contributed by atoms with Gasteiger partial charge in [-0.05, 0) is 53.8 Å². The molecular weight excluding hydrogens is 382 g/mol. The van der Waals surface area contributed by atoms with Crippen molar-refractivity contribution in [2.75, 3.05) is 6.54 Å². The maximum Gasteiger partial charge on any atom is 0.318 e. The zero-order valence-electron chi connectivity index (χ0n) is 16.8. The van der Waals surface area contributed by atoms with Gasteiger partial charge < -0.3 is 14.8 Å². The maximum absolute atomic E-state index is 13.3. The van der Waals surface area contributed by atoms with E-state index >= 15 is 0 Å². The van der Waals surface area contributed by atoms with Crippen molar-refractivity contribution in [3.63, 3.8) is 0 Å². The van der Waals surface area contributed by atoms with Crippen LogP contribution in [0.1, 0.15) is 43.1 Å². The SMILES string of the molecule is CC(C)CCNC(=O)N1Cc2ccccc2-n2cccc2C1c1cccc(Cl)c1. The second-order valence-corrected chi connectivity index (χ2v) is 8.37. The van der Waals surface area contributed by atoms with Crippen LogP contribution in [0.2, 0.25) is 5.02 Å². The van der Waals surface area contributed by atoms with Crippen molar-refractivity contribution >= 4 is 17.6 Å². The van der Waals surface area contributed by atoms with Crippen LogP contribution in [0.15, 0.2) is 66.9 Å². The number of rotatable bonds is 4. The summed E-state index contributed by atoms with van der Waals surface area (Å²) in [5.74, 6) is 0.543. The number of hydrogen-bond acceptors (Lipinski definition) is 1. The molecule has 0 spiro atoms. The van der Waals surface area contributed by atoms with Gasteiger partial charge in [-0.1, -0.05) is 55.8 Å². The average molecular weight is 408 g/mol. The quantitative estimate of drug-likeness (QED) is 0.583. The number of para-hydroxylation sites is 1. The van der Waals surface area contributed by atoms with Crippen LogP contribution < -0.4 is 5.32 Å². The zero-order valence-corrected chi connectivity index (χ0v) is 17.6. The fourth-order valence-electron chi connectivity index (χ4n) is 3.94. The predicted molar refractivity (Wildman–Crippen MR) is 117 cm³/mol. The number of aromatic nitrogens is 1. The summed E-state index contributed by atoms with van der Waals surface area (Å²) in [5.41, 5.74) is 4.28. The van der Waals surface area contributed by atoms with Gasteiger partial charge in [0.2, 0.25) is 0 Å². The predicted octanol–water partition coefficient (Wildman–Crippen LogP) is 5.79. The lowest BCUT2D eigenvalue weighted by molar-refractivity contribution is 0.180. The van der Waals surface area contributed by atoms with Crippen molar-refractivity contribution in [2.45, 2.75) is 32.9 Å². The van der Waals surface area contributed by atoms with E-state index in [1.54, 1.807) is 0 Å². The number of benzene rings is 2. The Morgan fingerprint density at radius 3 is 2.76 bits per heavy atom. The molecule has 3 aromatic rings. The minimum absolute atomic E-state index is 0.0555. The van der Waals surface area contributed by atoms with Crippen molar-refractivity contribution in [3.05, 3.63) is 88.7 Å². The van der Waals surface area contributed by atoms with Crippen molar-refractivity contribution in [2.24, 2.45) is 5.92 Å². The molecule has 29 heavy (non-hydrogen) atoms. The summed E-state index contributed by atoms with van der Waals surface area (Å²) < 4.78 is 2.18. The third kappa shape index (κ3) is 4.03. The number of carbonyl (C=O) groups excluding carboxylic acids is 1. The number of urea groups is 1. The lowest BCUT2D eigenvalue weighted by atomic mass is 10.0. The summed E-state index contributed by atoms with van der Waals surface area (Å²) in [4.78, 5) is 15.2. The monoisotopic (exact) mass is 407 g/mol. The van der Waals surface area contributed by atoms with E-state index in [0.717, 1.165) is 28.9 Å². The summed E-state index contributed by atoms with van der Waals surface area (Å²) in [6, 6.07) is 19.9. The Balaban J connectivity index is 1.79. The van der Waals surface area contributed by atoms with E-state index in [9.17, 15) is 4.79 Å². The highest BCUT2D eigenvalue weighted by Gasteiger charge is 2.32. The average Bonchev–Trinajstić information content (AvgIpc) is 3.11. The van der Waals surface area contributed by atoms with Crippen LogP contribution in [0.4, 0.5) is 4.79 Å². The molecule has 0 radical (unpaired) electrons. The second-order valence-electron chi connectivity index (χ2n) is 7.93. The van der Waals surface area contributed by atoms with Crippen LogP contribution in [0, 0.1) is 5.92 Å². The first-order chi connectivity index (χ1) is 14.0. The Morgan fingerprint density at radius 2 is 1.97 bits per heavy atom. The summed E-state index contributed by atoms with van der Waals surface area (Å²) >= 11 is 6.31.